The van der Waals surface area contributed by atoms with Gasteiger partial charge in [-0.3, -0.25) is 14.9 Å². The number of carboxylic acid groups (broad SMARTS) is 1. The fourth-order valence-corrected chi connectivity index (χ4v) is 3.58. The van der Waals surface area contributed by atoms with E-state index in [4.69, 9.17) is 4.74 Å². The number of carbonyl (C=O) groups is 4. The molecule has 0 bridgehead atoms. The number of esters is 1. The van der Waals surface area contributed by atoms with Crippen molar-refractivity contribution in [2.24, 2.45) is 5.41 Å². The Bertz CT molecular complexity index is 1350. The maximum absolute atomic E-state index is 13.2. The summed E-state index contributed by atoms with van der Waals surface area (Å²) in [5.74, 6) is -1.61. The van der Waals surface area contributed by atoms with Crippen molar-refractivity contribution < 1.29 is 29.0 Å². The molecule has 0 atom stereocenters. The van der Waals surface area contributed by atoms with Gasteiger partial charge in [0, 0.05) is 30.2 Å². The predicted octanol–water partition coefficient (Wildman–Crippen LogP) is 4.66. The van der Waals surface area contributed by atoms with Crippen LogP contribution in [0, 0.1) is 5.41 Å². The van der Waals surface area contributed by atoms with Crippen molar-refractivity contribution in [3.8, 4) is 0 Å². The summed E-state index contributed by atoms with van der Waals surface area (Å²) in [6.07, 6.45) is 1.68. The molecule has 1 heterocycles. The van der Waals surface area contributed by atoms with Gasteiger partial charge in [-0.05, 0) is 69.2 Å². The topological polar surface area (TPSA) is 159 Å². The molecule has 0 aliphatic heterocycles. The lowest BCUT2D eigenvalue weighted by Crippen LogP contribution is -2.28. The maximum atomic E-state index is 13.2. The van der Waals surface area contributed by atoms with Gasteiger partial charge in [0.15, 0.2) is 0 Å². The van der Waals surface area contributed by atoms with Gasteiger partial charge in [0.05, 0.1) is 29.3 Å². The van der Waals surface area contributed by atoms with Crippen molar-refractivity contribution in [2.75, 3.05) is 29.6 Å². The SMILES string of the molecule is CCNC(=O)Nc1cc(Nc2ccc(C(=O)OC)cc2)c(C(=O)Nc2ccc(CC(C)(C)C(=O)O)cc2)cn1. The van der Waals surface area contributed by atoms with Crippen LogP contribution in [0.25, 0.3) is 0 Å². The number of carboxylic acids is 1. The molecular weight excluding hydrogens is 502 g/mol. The summed E-state index contributed by atoms with van der Waals surface area (Å²) in [6.45, 7) is 5.52. The van der Waals surface area contributed by atoms with Gasteiger partial charge in [0.2, 0.25) is 0 Å². The van der Waals surface area contributed by atoms with E-state index in [2.05, 4.69) is 26.3 Å². The molecule has 1 aromatic heterocycles. The van der Waals surface area contributed by atoms with E-state index in [9.17, 15) is 24.3 Å². The predicted molar refractivity (Wildman–Crippen MR) is 148 cm³/mol. The van der Waals surface area contributed by atoms with Crippen molar-refractivity contribution in [3.63, 3.8) is 0 Å². The number of hydrogen-bond donors (Lipinski definition) is 5. The average molecular weight is 534 g/mol. The first-order valence-electron chi connectivity index (χ1n) is 12.2. The van der Waals surface area contributed by atoms with Crippen LogP contribution >= 0.6 is 0 Å². The summed E-state index contributed by atoms with van der Waals surface area (Å²) in [5, 5.41) is 20.5. The number of aliphatic carboxylic acids is 1. The molecule has 0 saturated heterocycles. The number of anilines is 4. The maximum Gasteiger partial charge on any atom is 0.337 e. The van der Waals surface area contributed by atoms with Crippen LogP contribution in [0.5, 0.6) is 0 Å². The van der Waals surface area contributed by atoms with Crippen LogP contribution in [-0.2, 0) is 16.0 Å². The lowest BCUT2D eigenvalue weighted by Gasteiger charge is -2.19. The third-order valence-corrected chi connectivity index (χ3v) is 5.75. The van der Waals surface area contributed by atoms with Gasteiger partial charge >= 0.3 is 18.0 Å². The molecule has 3 aromatic rings. The largest absolute Gasteiger partial charge is 0.481 e. The van der Waals surface area contributed by atoms with Crippen molar-refractivity contribution >= 4 is 46.8 Å². The minimum atomic E-state index is -0.921. The summed E-state index contributed by atoms with van der Waals surface area (Å²) in [6, 6.07) is 14.5. The molecule has 11 heteroatoms. The van der Waals surface area contributed by atoms with Crippen LogP contribution < -0.4 is 21.3 Å². The minimum Gasteiger partial charge on any atom is -0.481 e. The number of ether oxygens (including phenoxy) is 1. The Morgan fingerprint density at radius 2 is 1.59 bits per heavy atom. The van der Waals surface area contributed by atoms with Crippen LogP contribution in [-0.4, -0.2) is 47.6 Å². The normalized spacial score (nSPS) is 10.8. The van der Waals surface area contributed by atoms with Gasteiger partial charge in [-0.2, -0.15) is 0 Å². The van der Waals surface area contributed by atoms with Crippen LogP contribution in [0.1, 0.15) is 47.1 Å². The summed E-state index contributed by atoms with van der Waals surface area (Å²) in [7, 11) is 1.30. The summed E-state index contributed by atoms with van der Waals surface area (Å²) < 4.78 is 4.72. The number of hydrogen-bond acceptors (Lipinski definition) is 7. The number of urea groups is 1. The number of nitrogens with one attached hydrogen (secondary N) is 4. The zero-order valence-electron chi connectivity index (χ0n) is 22.1. The van der Waals surface area contributed by atoms with Crippen LogP contribution in [0.15, 0.2) is 60.8 Å². The quantitative estimate of drug-likeness (QED) is 0.235. The van der Waals surface area contributed by atoms with Crippen molar-refractivity contribution in [1.29, 1.82) is 0 Å². The lowest BCUT2D eigenvalue weighted by molar-refractivity contribution is -0.146. The molecule has 0 unspecified atom stereocenters. The zero-order valence-corrected chi connectivity index (χ0v) is 22.1. The number of pyridine rings is 1. The fraction of sp³-hybridized carbons (Fsp3) is 0.250. The van der Waals surface area contributed by atoms with Crippen LogP contribution in [0.2, 0.25) is 0 Å². The van der Waals surface area contributed by atoms with Gasteiger partial charge < -0.3 is 25.8 Å². The van der Waals surface area contributed by atoms with E-state index in [0.29, 0.717) is 35.6 Å². The molecule has 0 saturated carbocycles. The molecule has 39 heavy (non-hydrogen) atoms. The summed E-state index contributed by atoms with van der Waals surface area (Å²) in [5.41, 5.74) is 1.91. The Morgan fingerprint density at radius 1 is 0.949 bits per heavy atom. The van der Waals surface area contributed by atoms with E-state index in [1.807, 2.05) is 0 Å². The van der Waals surface area contributed by atoms with Crippen LogP contribution in [0.3, 0.4) is 0 Å². The lowest BCUT2D eigenvalue weighted by atomic mass is 9.86. The molecular formula is C28H31N5O6. The van der Waals surface area contributed by atoms with Crippen molar-refractivity contribution in [2.45, 2.75) is 27.2 Å². The molecule has 3 rings (SSSR count). The fourth-order valence-electron chi connectivity index (χ4n) is 3.58. The Hall–Kier alpha value is -4.93. The van der Waals surface area contributed by atoms with Crippen molar-refractivity contribution in [3.05, 3.63) is 77.5 Å². The van der Waals surface area contributed by atoms with E-state index in [-0.39, 0.29) is 11.4 Å². The second-order valence-corrected chi connectivity index (χ2v) is 9.31. The Balaban J connectivity index is 1.84. The van der Waals surface area contributed by atoms with E-state index in [0.717, 1.165) is 5.56 Å². The molecule has 3 amide bonds. The highest BCUT2D eigenvalue weighted by molar-refractivity contribution is 6.08. The van der Waals surface area contributed by atoms with Crippen molar-refractivity contribution in [1.82, 2.24) is 10.3 Å². The van der Waals surface area contributed by atoms with Gasteiger partial charge in [-0.15, -0.1) is 0 Å². The molecule has 0 spiro atoms. The summed E-state index contributed by atoms with van der Waals surface area (Å²) in [4.78, 5) is 52.6. The zero-order chi connectivity index (χ0) is 28.6. The first-order valence-corrected chi connectivity index (χ1v) is 12.2. The molecule has 0 aliphatic carbocycles. The number of carbonyl (C=O) groups excluding carboxylic acids is 3. The van der Waals surface area contributed by atoms with Crippen LogP contribution in [0.4, 0.5) is 27.7 Å². The minimum absolute atomic E-state index is 0.199. The first-order chi connectivity index (χ1) is 18.5. The Morgan fingerprint density at radius 3 is 2.18 bits per heavy atom. The third kappa shape index (κ3) is 7.78. The Kier molecular flexibility index (Phi) is 9.21. The number of rotatable bonds is 10. The smallest absolute Gasteiger partial charge is 0.337 e. The molecule has 5 N–H and O–H groups in total. The van der Waals surface area contributed by atoms with E-state index in [1.54, 1.807) is 69.3 Å². The molecule has 0 radical (unpaired) electrons. The molecule has 2 aromatic carbocycles. The van der Waals surface area contributed by atoms with E-state index >= 15 is 0 Å². The standard InChI is InChI=1S/C28H31N5O6/c1-5-29-27(38)33-23-14-22(31-19-12-8-18(9-13-19)25(35)39-4)21(16-30-23)24(34)32-20-10-6-17(7-11-20)15-28(2,3)26(36)37/h6-14,16H,5,15H2,1-4H3,(H,32,34)(H,36,37)(H3,29,30,31,33,38). The first kappa shape index (κ1) is 28.6. The molecule has 0 aliphatic rings. The Labute approximate surface area is 226 Å². The second kappa shape index (κ2) is 12.5. The number of nitrogens with zero attached hydrogens (tertiary/aromatic N) is 1. The molecule has 204 valence electrons. The second-order valence-electron chi connectivity index (χ2n) is 9.31. The highest BCUT2D eigenvalue weighted by Gasteiger charge is 2.27. The van der Waals surface area contributed by atoms with Gasteiger partial charge in [-0.1, -0.05) is 12.1 Å². The molecule has 0 fully saturated rings. The monoisotopic (exact) mass is 533 g/mol. The molecule has 11 nitrogen and oxygen atoms in total. The third-order valence-electron chi connectivity index (χ3n) is 5.75. The van der Waals surface area contributed by atoms with Gasteiger partial charge in [0.1, 0.15) is 5.82 Å². The van der Waals surface area contributed by atoms with E-state index in [1.165, 1.54) is 19.4 Å². The number of benzene rings is 2. The average Bonchev–Trinajstić information content (AvgIpc) is 2.89. The highest BCUT2D eigenvalue weighted by atomic mass is 16.5. The summed E-state index contributed by atoms with van der Waals surface area (Å²) >= 11 is 0. The van der Waals surface area contributed by atoms with Gasteiger partial charge in [0.25, 0.3) is 5.91 Å². The van der Waals surface area contributed by atoms with E-state index < -0.39 is 29.3 Å². The van der Waals surface area contributed by atoms with Gasteiger partial charge in [-0.25, -0.2) is 14.6 Å². The highest BCUT2D eigenvalue weighted by Crippen LogP contribution is 2.26. The number of methoxy groups -OCH3 is 1. The number of aromatic nitrogens is 1. The number of amides is 3.